The number of carbonyl (C=O) groups is 1. The molecule has 0 saturated carbocycles. The lowest BCUT2D eigenvalue weighted by atomic mass is 10.0. The van der Waals surface area contributed by atoms with Crippen LogP contribution in [-0.2, 0) is 4.79 Å². The minimum Gasteiger partial charge on any atom is -0.350 e. The monoisotopic (exact) mass is 275 g/mol. The van der Waals surface area contributed by atoms with Crippen LogP contribution in [0.15, 0.2) is 30.3 Å². The van der Waals surface area contributed by atoms with Gasteiger partial charge in [0.1, 0.15) is 6.04 Å². The van der Waals surface area contributed by atoms with Crippen molar-refractivity contribution in [3.05, 3.63) is 35.9 Å². The number of amides is 1. The molecule has 4 heteroatoms. The van der Waals surface area contributed by atoms with Gasteiger partial charge in [0, 0.05) is 12.6 Å². The highest BCUT2D eigenvalue weighted by Crippen LogP contribution is 2.21. The summed E-state index contributed by atoms with van der Waals surface area (Å²) in [6, 6.07) is 10.1. The SMILES string of the molecule is CCN(CC)C(C(=O)NC1CCNC1)c1ccccc1. The van der Waals surface area contributed by atoms with Crippen molar-refractivity contribution < 1.29 is 4.79 Å². The molecule has 110 valence electrons. The number of hydrogen-bond donors (Lipinski definition) is 2. The second kappa shape index (κ2) is 7.41. The van der Waals surface area contributed by atoms with Gasteiger partial charge in [-0.25, -0.2) is 0 Å². The van der Waals surface area contributed by atoms with Gasteiger partial charge in [-0.3, -0.25) is 9.69 Å². The Labute approximate surface area is 121 Å². The Morgan fingerprint density at radius 1 is 1.35 bits per heavy atom. The van der Waals surface area contributed by atoms with Crippen molar-refractivity contribution in [2.24, 2.45) is 0 Å². The van der Waals surface area contributed by atoms with E-state index < -0.39 is 0 Å². The summed E-state index contributed by atoms with van der Waals surface area (Å²) in [5.74, 6) is 0.119. The topological polar surface area (TPSA) is 44.4 Å². The van der Waals surface area contributed by atoms with Gasteiger partial charge in [0.2, 0.25) is 5.91 Å². The first-order valence-corrected chi connectivity index (χ1v) is 7.56. The minimum atomic E-state index is -0.188. The van der Waals surface area contributed by atoms with Gasteiger partial charge in [-0.05, 0) is 31.6 Å². The lowest BCUT2D eigenvalue weighted by Crippen LogP contribution is -2.45. The zero-order valence-corrected chi connectivity index (χ0v) is 12.4. The number of nitrogens with zero attached hydrogens (tertiary/aromatic N) is 1. The number of likely N-dealkylation sites (N-methyl/N-ethyl adjacent to an activating group) is 1. The molecule has 2 unspecified atom stereocenters. The molecule has 2 atom stereocenters. The molecule has 2 N–H and O–H groups in total. The van der Waals surface area contributed by atoms with Crippen molar-refractivity contribution in [2.45, 2.75) is 32.4 Å². The molecule has 1 saturated heterocycles. The number of hydrogen-bond acceptors (Lipinski definition) is 3. The smallest absolute Gasteiger partial charge is 0.242 e. The third-order valence-corrected chi connectivity index (χ3v) is 3.95. The largest absolute Gasteiger partial charge is 0.350 e. The van der Waals surface area contributed by atoms with Crippen molar-refractivity contribution in [2.75, 3.05) is 26.2 Å². The van der Waals surface area contributed by atoms with Crippen molar-refractivity contribution in [3.63, 3.8) is 0 Å². The van der Waals surface area contributed by atoms with Gasteiger partial charge in [-0.2, -0.15) is 0 Å². The molecule has 1 aromatic rings. The average molecular weight is 275 g/mol. The van der Waals surface area contributed by atoms with E-state index in [1.54, 1.807) is 0 Å². The van der Waals surface area contributed by atoms with Gasteiger partial charge in [-0.15, -0.1) is 0 Å². The van der Waals surface area contributed by atoms with Gasteiger partial charge in [0.15, 0.2) is 0 Å². The number of rotatable bonds is 6. The van der Waals surface area contributed by atoms with Crippen LogP contribution >= 0.6 is 0 Å². The van der Waals surface area contributed by atoms with Crippen molar-refractivity contribution in [1.82, 2.24) is 15.5 Å². The third kappa shape index (κ3) is 3.58. The summed E-state index contributed by atoms with van der Waals surface area (Å²) in [7, 11) is 0. The summed E-state index contributed by atoms with van der Waals surface area (Å²) in [5.41, 5.74) is 1.07. The molecule has 1 aliphatic heterocycles. The van der Waals surface area contributed by atoms with Crippen LogP contribution in [0.3, 0.4) is 0 Å². The molecule has 1 aromatic carbocycles. The zero-order valence-electron chi connectivity index (χ0n) is 12.4. The second-order valence-corrected chi connectivity index (χ2v) is 5.23. The summed E-state index contributed by atoms with van der Waals surface area (Å²) in [5, 5.41) is 6.47. The van der Waals surface area contributed by atoms with Crippen LogP contribution in [0.25, 0.3) is 0 Å². The Hall–Kier alpha value is -1.39. The van der Waals surface area contributed by atoms with Crippen LogP contribution in [0.5, 0.6) is 0 Å². The molecule has 2 rings (SSSR count). The molecule has 20 heavy (non-hydrogen) atoms. The fourth-order valence-corrected chi connectivity index (χ4v) is 2.81. The molecule has 1 heterocycles. The van der Waals surface area contributed by atoms with Crippen molar-refractivity contribution >= 4 is 5.91 Å². The van der Waals surface area contributed by atoms with Crippen LogP contribution in [0.1, 0.15) is 31.9 Å². The van der Waals surface area contributed by atoms with E-state index in [1.807, 2.05) is 30.3 Å². The fraction of sp³-hybridized carbons (Fsp3) is 0.562. The van der Waals surface area contributed by atoms with E-state index in [1.165, 1.54) is 0 Å². The predicted octanol–water partition coefficient (Wildman–Crippen LogP) is 1.55. The second-order valence-electron chi connectivity index (χ2n) is 5.23. The standard InChI is InChI=1S/C16H25N3O/c1-3-19(4-2)15(13-8-6-5-7-9-13)16(20)18-14-10-11-17-12-14/h5-9,14-15,17H,3-4,10-12H2,1-2H3,(H,18,20). The molecule has 1 amide bonds. The molecule has 0 aromatic heterocycles. The van der Waals surface area contributed by atoms with Gasteiger partial charge >= 0.3 is 0 Å². The van der Waals surface area contributed by atoms with Crippen LogP contribution in [-0.4, -0.2) is 43.0 Å². The van der Waals surface area contributed by atoms with Gasteiger partial charge in [0.05, 0.1) is 0 Å². The molecular formula is C16H25N3O. The normalized spacial score (nSPS) is 20.1. The van der Waals surface area contributed by atoms with E-state index in [4.69, 9.17) is 0 Å². The number of carbonyl (C=O) groups excluding carboxylic acids is 1. The van der Waals surface area contributed by atoms with Crippen molar-refractivity contribution in [3.8, 4) is 0 Å². The first-order chi connectivity index (χ1) is 9.76. The molecule has 0 spiro atoms. The molecule has 0 aliphatic carbocycles. The van der Waals surface area contributed by atoms with Gasteiger partial charge in [0.25, 0.3) is 0 Å². The highest BCUT2D eigenvalue weighted by Gasteiger charge is 2.28. The van der Waals surface area contributed by atoms with E-state index in [9.17, 15) is 4.79 Å². The lowest BCUT2D eigenvalue weighted by Gasteiger charge is -2.30. The molecule has 0 bridgehead atoms. The molecular weight excluding hydrogens is 250 g/mol. The Bertz CT molecular complexity index is 411. The maximum atomic E-state index is 12.7. The highest BCUT2D eigenvalue weighted by molar-refractivity contribution is 5.83. The van der Waals surface area contributed by atoms with Crippen LogP contribution in [0.2, 0.25) is 0 Å². The van der Waals surface area contributed by atoms with Gasteiger partial charge in [-0.1, -0.05) is 44.2 Å². The Kier molecular flexibility index (Phi) is 5.56. The average Bonchev–Trinajstić information content (AvgIpc) is 2.98. The van der Waals surface area contributed by atoms with E-state index in [2.05, 4.69) is 29.4 Å². The first kappa shape index (κ1) is 15.0. The van der Waals surface area contributed by atoms with E-state index in [0.717, 1.165) is 38.2 Å². The maximum absolute atomic E-state index is 12.7. The molecule has 4 nitrogen and oxygen atoms in total. The number of nitrogens with one attached hydrogen (secondary N) is 2. The minimum absolute atomic E-state index is 0.119. The summed E-state index contributed by atoms with van der Waals surface area (Å²) in [4.78, 5) is 14.9. The zero-order chi connectivity index (χ0) is 14.4. The first-order valence-electron chi connectivity index (χ1n) is 7.56. The molecule has 0 radical (unpaired) electrons. The lowest BCUT2D eigenvalue weighted by molar-refractivity contribution is -0.127. The van der Waals surface area contributed by atoms with E-state index >= 15 is 0 Å². The van der Waals surface area contributed by atoms with E-state index in [0.29, 0.717) is 0 Å². The van der Waals surface area contributed by atoms with Crippen LogP contribution < -0.4 is 10.6 Å². The van der Waals surface area contributed by atoms with Gasteiger partial charge < -0.3 is 10.6 Å². The summed E-state index contributed by atoms with van der Waals surface area (Å²) >= 11 is 0. The summed E-state index contributed by atoms with van der Waals surface area (Å²) < 4.78 is 0. The Morgan fingerprint density at radius 2 is 2.05 bits per heavy atom. The predicted molar refractivity (Wildman–Crippen MR) is 81.5 cm³/mol. The van der Waals surface area contributed by atoms with Crippen molar-refractivity contribution in [1.29, 1.82) is 0 Å². The van der Waals surface area contributed by atoms with Crippen LogP contribution in [0.4, 0.5) is 0 Å². The third-order valence-electron chi connectivity index (χ3n) is 3.95. The summed E-state index contributed by atoms with van der Waals surface area (Å²) in [6.45, 7) is 7.81. The Morgan fingerprint density at radius 3 is 2.60 bits per heavy atom. The molecule has 1 fully saturated rings. The van der Waals surface area contributed by atoms with Crippen LogP contribution in [0, 0.1) is 0 Å². The maximum Gasteiger partial charge on any atom is 0.242 e. The fourth-order valence-electron chi connectivity index (χ4n) is 2.81. The summed E-state index contributed by atoms with van der Waals surface area (Å²) in [6.07, 6.45) is 1.02. The number of benzene rings is 1. The highest BCUT2D eigenvalue weighted by atomic mass is 16.2. The quantitative estimate of drug-likeness (QED) is 0.828. The molecule has 1 aliphatic rings. The van der Waals surface area contributed by atoms with E-state index in [-0.39, 0.29) is 18.0 Å². The Balaban J connectivity index is 2.14.